The number of benzene rings is 1. The van der Waals surface area contributed by atoms with Gasteiger partial charge in [0.25, 0.3) is 5.91 Å². The highest BCUT2D eigenvalue weighted by atomic mass is 16.2. The van der Waals surface area contributed by atoms with Crippen LogP contribution in [0.2, 0.25) is 0 Å². The van der Waals surface area contributed by atoms with E-state index in [1.807, 2.05) is 0 Å². The van der Waals surface area contributed by atoms with Crippen LogP contribution in [0.1, 0.15) is 54.5 Å². The molecule has 1 aromatic carbocycles. The summed E-state index contributed by atoms with van der Waals surface area (Å²) in [4.78, 5) is 34.5. The van der Waals surface area contributed by atoms with E-state index in [1.54, 1.807) is 30.5 Å². The highest BCUT2D eigenvalue weighted by Crippen LogP contribution is 2.14. The molecule has 6 heteroatoms. The average molecular weight is 340 g/mol. The third-order valence-electron chi connectivity index (χ3n) is 3.71. The first-order valence-corrected chi connectivity index (χ1v) is 8.54. The summed E-state index contributed by atoms with van der Waals surface area (Å²) in [5.74, 6) is 0.378. The summed E-state index contributed by atoms with van der Waals surface area (Å²) in [6.07, 6.45) is 5.16. The van der Waals surface area contributed by atoms with Gasteiger partial charge in [-0.3, -0.25) is 9.59 Å². The van der Waals surface area contributed by atoms with E-state index in [2.05, 4.69) is 34.0 Å². The van der Waals surface area contributed by atoms with Gasteiger partial charge >= 0.3 is 0 Å². The van der Waals surface area contributed by atoms with Crippen LogP contribution in [0.3, 0.4) is 0 Å². The zero-order valence-electron chi connectivity index (χ0n) is 15.0. The van der Waals surface area contributed by atoms with Crippen LogP contribution in [0.25, 0.3) is 0 Å². The van der Waals surface area contributed by atoms with E-state index in [4.69, 9.17) is 0 Å². The van der Waals surface area contributed by atoms with Crippen molar-refractivity contribution < 1.29 is 9.59 Å². The van der Waals surface area contributed by atoms with Gasteiger partial charge in [-0.1, -0.05) is 26.0 Å². The Balaban J connectivity index is 2.09. The van der Waals surface area contributed by atoms with E-state index in [0.29, 0.717) is 11.3 Å². The van der Waals surface area contributed by atoms with E-state index in [-0.39, 0.29) is 17.4 Å². The fraction of sp³-hybridized carbons (Fsp3) is 0.368. The number of Topliss-reactive ketones (excluding diaryl/α,β-unsaturated/α-hetero) is 1. The number of carbonyl (C=O) groups excluding carboxylic acids is 2. The summed E-state index contributed by atoms with van der Waals surface area (Å²) in [5.41, 5.74) is 1.35. The zero-order chi connectivity index (χ0) is 18.2. The lowest BCUT2D eigenvalue weighted by Crippen LogP contribution is -2.26. The molecule has 0 aliphatic rings. The molecule has 0 radical (unpaired) electrons. The van der Waals surface area contributed by atoms with Crippen LogP contribution in [0.4, 0.5) is 11.5 Å². The number of carbonyl (C=O) groups is 2. The van der Waals surface area contributed by atoms with Gasteiger partial charge in [0.15, 0.2) is 5.78 Å². The maximum atomic E-state index is 12.3. The van der Waals surface area contributed by atoms with Gasteiger partial charge in [0, 0.05) is 24.3 Å². The van der Waals surface area contributed by atoms with Crippen molar-refractivity contribution in [2.75, 3.05) is 23.3 Å². The quantitative estimate of drug-likeness (QED) is 0.744. The van der Waals surface area contributed by atoms with E-state index in [1.165, 1.54) is 13.1 Å². The molecule has 1 heterocycles. The zero-order valence-corrected chi connectivity index (χ0v) is 15.0. The topological polar surface area (TPSA) is 75.2 Å². The lowest BCUT2D eigenvalue weighted by atomic mass is 10.1. The van der Waals surface area contributed by atoms with Gasteiger partial charge in [0.2, 0.25) is 0 Å². The largest absolute Gasteiger partial charge is 0.355 e. The van der Waals surface area contributed by atoms with Gasteiger partial charge in [-0.2, -0.15) is 0 Å². The predicted molar refractivity (Wildman–Crippen MR) is 99.2 cm³/mol. The summed E-state index contributed by atoms with van der Waals surface area (Å²) in [6, 6.07) is 6.82. The first kappa shape index (κ1) is 18.6. The minimum Gasteiger partial charge on any atom is -0.355 e. The van der Waals surface area contributed by atoms with Gasteiger partial charge in [0.1, 0.15) is 11.5 Å². The molecular weight excluding hydrogens is 316 g/mol. The summed E-state index contributed by atoms with van der Waals surface area (Å²) in [5, 5.41) is 2.75. The molecule has 2 rings (SSSR count). The Morgan fingerprint density at radius 3 is 2.36 bits per heavy atom. The molecule has 2 aromatic rings. The van der Waals surface area contributed by atoms with Crippen LogP contribution in [-0.4, -0.2) is 34.7 Å². The molecule has 0 saturated carbocycles. The first-order chi connectivity index (χ1) is 12.0. The Bertz CT molecular complexity index is 722. The summed E-state index contributed by atoms with van der Waals surface area (Å²) >= 11 is 0. The number of nitrogens with one attached hydrogen (secondary N) is 1. The molecule has 0 fully saturated rings. The van der Waals surface area contributed by atoms with Crippen molar-refractivity contribution in [1.82, 2.24) is 9.97 Å². The van der Waals surface area contributed by atoms with Crippen molar-refractivity contribution in [1.29, 1.82) is 0 Å². The molecule has 132 valence electrons. The second-order valence-electron chi connectivity index (χ2n) is 5.84. The Hall–Kier alpha value is -2.76. The molecule has 0 unspecified atom stereocenters. The molecule has 1 N–H and O–H groups in total. The molecule has 0 saturated heterocycles. The number of hydrogen-bond donors (Lipinski definition) is 1. The van der Waals surface area contributed by atoms with Crippen molar-refractivity contribution in [3.05, 3.63) is 47.9 Å². The van der Waals surface area contributed by atoms with Crippen molar-refractivity contribution in [2.45, 2.75) is 33.6 Å². The summed E-state index contributed by atoms with van der Waals surface area (Å²) in [6.45, 7) is 7.54. The van der Waals surface area contributed by atoms with Crippen LogP contribution >= 0.6 is 0 Å². The van der Waals surface area contributed by atoms with E-state index in [0.717, 1.165) is 31.7 Å². The van der Waals surface area contributed by atoms with Gasteiger partial charge in [-0.15, -0.1) is 0 Å². The second-order valence-corrected chi connectivity index (χ2v) is 5.84. The minimum absolute atomic E-state index is 0.0489. The van der Waals surface area contributed by atoms with Crippen LogP contribution in [-0.2, 0) is 0 Å². The molecule has 0 aliphatic heterocycles. The molecular formula is C19H24N4O2. The van der Waals surface area contributed by atoms with Crippen molar-refractivity contribution in [2.24, 2.45) is 0 Å². The Kier molecular flexibility index (Phi) is 6.62. The second kappa shape index (κ2) is 8.92. The number of nitrogens with zero attached hydrogens (tertiary/aromatic N) is 3. The van der Waals surface area contributed by atoms with Crippen LogP contribution in [0.15, 0.2) is 36.7 Å². The lowest BCUT2D eigenvalue weighted by molar-refractivity contribution is 0.100. The lowest BCUT2D eigenvalue weighted by Gasteiger charge is -2.22. The molecule has 0 bridgehead atoms. The Labute approximate surface area is 148 Å². The smallest absolute Gasteiger partial charge is 0.275 e. The molecule has 25 heavy (non-hydrogen) atoms. The summed E-state index contributed by atoms with van der Waals surface area (Å²) < 4.78 is 0. The number of amides is 1. The third-order valence-corrected chi connectivity index (χ3v) is 3.71. The van der Waals surface area contributed by atoms with Gasteiger partial charge < -0.3 is 10.2 Å². The van der Waals surface area contributed by atoms with Crippen LogP contribution < -0.4 is 10.2 Å². The minimum atomic E-state index is -0.350. The van der Waals surface area contributed by atoms with Crippen molar-refractivity contribution >= 4 is 23.2 Å². The van der Waals surface area contributed by atoms with Gasteiger partial charge in [-0.05, 0) is 31.9 Å². The standard InChI is InChI=1S/C19H24N4O2/c1-4-9-23(10-5-2)18-13-20-17(12-21-18)19(25)22-16-8-6-7-15(11-16)14(3)24/h6-8,11-13H,4-5,9-10H2,1-3H3,(H,22,25). The fourth-order valence-electron chi connectivity index (χ4n) is 2.49. The van der Waals surface area contributed by atoms with E-state index < -0.39 is 0 Å². The number of ketones is 1. The molecule has 1 aromatic heterocycles. The highest BCUT2D eigenvalue weighted by molar-refractivity contribution is 6.03. The molecule has 1 amide bonds. The predicted octanol–water partition coefficient (Wildman–Crippen LogP) is 3.56. The molecule has 0 spiro atoms. The maximum absolute atomic E-state index is 12.3. The van der Waals surface area contributed by atoms with Crippen molar-refractivity contribution in [3.8, 4) is 0 Å². The van der Waals surface area contributed by atoms with Crippen molar-refractivity contribution in [3.63, 3.8) is 0 Å². The van der Waals surface area contributed by atoms with E-state index >= 15 is 0 Å². The fourth-order valence-corrected chi connectivity index (χ4v) is 2.49. The van der Waals surface area contributed by atoms with Gasteiger partial charge in [-0.25, -0.2) is 9.97 Å². The van der Waals surface area contributed by atoms with Crippen LogP contribution in [0.5, 0.6) is 0 Å². The number of hydrogen-bond acceptors (Lipinski definition) is 5. The number of aromatic nitrogens is 2. The maximum Gasteiger partial charge on any atom is 0.275 e. The third kappa shape index (κ3) is 5.11. The monoisotopic (exact) mass is 340 g/mol. The van der Waals surface area contributed by atoms with E-state index in [9.17, 15) is 9.59 Å². The van der Waals surface area contributed by atoms with Crippen LogP contribution in [0, 0.1) is 0 Å². The molecule has 0 atom stereocenters. The average Bonchev–Trinajstić information content (AvgIpc) is 2.62. The number of anilines is 2. The highest BCUT2D eigenvalue weighted by Gasteiger charge is 2.12. The first-order valence-electron chi connectivity index (χ1n) is 8.54. The Morgan fingerprint density at radius 1 is 1.08 bits per heavy atom. The molecule has 0 aliphatic carbocycles. The Morgan fingerprint density at radius 2 is 1.80 bits per heavy atom. The molecule has 6 nitrogen and oxygen atoms in total. The number of rotatable bonds is 8. The van der Waals surface area contributed by atoms with Gasteiger partial charge in [0.05, 0.1) is 12.4 Å². The summed E-state index contributed by atoms with van der Waals surface area (Å²) in [7, 11) is 0. The normalized spacial score (nSPS) is 10.4. The SMILES string of the molecule is CCCN(CCC)c1cnc(C(=O)Nc2cccc(C(C)=O)c2)cn1.